The van der Waals surface area contributed by atoms with Crippen LogP contribution in [-0.2, 0) is 14.3 Å². The van der Waals surface area contributed by atoms with E-state index >= 15 is 0 Å². The smallest absolute Gasteiger partial charge is 0.185 e. The molecule has 0 radical (unpaired) electrons. The van der Waals surface area contributed by atoms with Crippen LogP contribution >= 0.6 is 15.9 Å². The lowest BCUT2D eigenvalue weighted by Gasteiger charge is -2.36. The van der Waals surface area contributed by atoms with E-state index in [0.29, 0.717) is 24.9 Å². The summed E-state index contributed by atoms with van der Waals surface area (Å²) < 4.78 is 12.0. The van der Waals surface area contributed by atoms with E-state index in [1.54, 1.807) is 0 Å². The Morgan fingerprint density at radius 2 is 2.06 bits per heavy atom. The molecule has 0 bridgehead atoms. The second-order valence-corrected chi connectivity index (χ2v) is 6.92. The third-order valence-corrected chi connectivity index (χ3v) is 6.08. The molecule has 1 aliphatic heterocycles. The molecule has 1 spiro atoms. The molecule has 3 fully saturated rings. The predicted octanol–water partition coefficient (Wildman–Crippen LogP) is 2.44. The molecule has 1 heterocycles. The monoisotopic (exact) mass is 312 g/mol. The van der Waals surface area contributed by atoms with E-state index in [1.165, 1.54) is 6.42 Å². The maximum atomic E-state index is 12.5. The summed E-state index contributed by atoms with van der Waals surface area (Å²) in [6, 6.07) is 0. The normalized spacial score (nSPS) is 45.2. The molecule has 4 atom stereocenters. The van der Waals surface area contributed by atoms with Gasteiger partial charge < -0.3 is 9.47 Å². The Morgan fingerprint density at radius 3 is 2.83 bits per heavy atom. The van der Waals surface area contributed by atoms with Gasteiger partial charge in [0.05, 0.1) is 18.0 Å². The van der Waals surface area contributed by atoms with Crippen molar-refractivity contribution >= 4 is 21.7 Å². The zero-order chi connectivity index (χ0) is 12.3. The summed E-state index contributed by atoms with van der Waals surface area (Å²) in [4.78, 5) is 12.7. The number of rotatable bonds is 0. The summed E-state index contributed by atoms with van der Waals surface area (Å²) in [5, 5.41) is 0. The van der Waals surface area contributed by atoms with Crippen molar-refractivity contribution in [3.63, 3.8) is 0 Å². The topological polar surface area (TPSA) is 35.5 Å². The number of carbonyl (C=O) groups is 1. The van der Waals surface area contributed by atoms with Crippen LogP contribution in [0.1, 0.15) is 25.7 Å². The van der Waals surface area contributed by atoms with E-state index in [-0.39, 0.29) is 16.7 Å². The molecule has 0 amide bonds. The summed E-state index contributed by atoms with van der Waals surface area (Å²) in [5.41, 5.74) is 1.08. The third kappa shape index (κ3) is 1.29. The number of halogens is 1. The fourth-order valence-corrected chi connectivity index (χ4v) is 5.42. The first-order valence-corrected chi connectivity index (χ1v) is 7.82. The van der Waals surface area contributed by atoms with E-state index in [4.69, 9.17) is 9.47 Å². The first-order valence-electron chi connectivity index (χ1n) is 6.90. The molecule has 1 saturated heterocycles. The molecule has 0 N–H and O–H groups in total. The average molecular weight is 313 g/mol. The molecule has 0 aromatic carbocycles. The van der Waals surface area contributed by atoms with E-state index < -0.39 is 5.79 Å². The quantitative estimate of drug-likeness (QED) is 0.644. The number of alkyl halides is 1. The summed E-state index contributed by atoms with van der Waals surface area (Å²) in [5.74, 6) is 0.560. The van der Waals surface area contributed by atoms with Crippen molar-refractivity contribution in [3.05, 3.63) is 11.6 Å². The minimum absolute atomic E-state index is 0.113. The van der Waals surface area contributed by atoms with E-state index in [0.717, 1.165) is 24.8 Å². The van der Waals surface area contributed by atoms with Crippen LogP contribution in [0.15, 0.2) is 11.6 Å². The van der Waals surface area contributed by atoms with Gasteiger partial charge in [-0.05, 0) is 37.2 Å². The lowest BCUT2D eigenvalue weighted by molar-refractivity contribution is -0.187. The second kappa shape index (κ2) is 3.90. The summed E-state index contributed by atoms with van der Waals surface area (Å²) in [7, 11) is 0. The van der Waals surface area contributed by atoms with Crippen LogP contribution in [0, 0.1) is 17.8 Å². The number of hydrogen-bond acceptors (Lipinski definition) is 3. The standard InChI is InChI=1S/C14H17BrO3/c15-11-7-10-12(14(11)17-5-6-18-14)8-3-1-2-4-9(8)13(10)16/h4,8,10-12H,1-3,5-7H2/t8-,10+,11+,12+/m1/s1. The molecule has 4 heteroatoms. The zero-order valence-corrected chi connectivity index (χ0v) is 11.8. The Hall–Kier alpha value is -0.190. The molecule has 18 heavy (non-hydrogen) atoms. The SMILES string of the molecule is O=C1C2=CCCC[C@H]2[C@H]2[C@@H]1C[C@H](Br)C21OCCO1. The van der Waals surface area contributed by atoms with E-state index in [1.807, 2.05) is 0 Å². The number of allylic oxidation sites excluding steroid dienone is 2. The average Bonchev–Trinajstić information content (AvgIpc) is 3.03. The van der Waals surface area contributed by atoms with Crippen LogP contribution in [-0.4, -0.2) is 29.6 Å². The molecular weight excluding hydrogens is 296 g/mol. The van der Waals surface area contributed by atoms with Gasteiger partial charge in [-0.25, -0.2) is 0 Å². The first kappa shape index (κ1) is 11.6. The van der Waals surface area contributed by atoms with Crippen LogP contribution in [0.5, 0.6) is 0 Å². The van der Waals surface area contributed by atoms with Gasteiger partial charge in [0.2, 0.25) is 0 Å². The first-order chi connectivity index (χ1) is 8.74. The Bertz CT molecular complexity index is 425. The number of carbonyl (C=O) groups excluding carboxylic acids is 1. The highest BCUT2D eigenvalue weighted by Crippen LogP contribution is 2.60. The van der Waals surface area contributed by atoms with Crippen molar-refractivity contribution in [1.82, 2.24) is 0 Å². The molecule has 0 unspecified atom stereocenters. The molecule has 4 aliphatic rings. The molecular formula is C14H17BrO3. The summed E-state index contributed by atoms with van der Waals surface area (Å²) in [6.07, 6.45) is 6.39. The van der Waals surface area contributed by atoms with Gasteiger partial charge in [-0.15, -0.1) is 0 Å². The van der Waals surface area contributed by atoms with Gasteiger partial charge in [-0.3, -0.25) is 4.79 Å². The predicted molar refractivity (Wildman–Crippen MR) is 69.4 cm³/mol. The highest BCUT2D eigenvalue weighted by atomic mass is 79.9. The largest absolute Gasteiger partial charge is 0.346 e. The van der Waals surface area contributed by atoms with Crippen molar-refractivity contribution in [3.8, 4) is 0 Å². The molecule has 98 valence electrons. The lowest BCUT2D eigenvalue weighted by Crippen LogP contribution is -2.44. The summed E-state index contributed by atoms with van der Waals surface area (Å²) in [6.45, 7) is 1.32. The number of ketones is 1. The molecule has 4 rings (SSSR count). The van der Waals surface area contributed by atoms with Gasteiger partial charge in [-0.1, -0.05) is 22.0 Å². The number of ether oxygens (including phenoxy) is 2. The molecule has 0 aromatic heterocycles. The minimum Gasteiger partial charge on any atom is -0.346 e. The van der Waals surface area contributed by atoms with Crippen molar-refractivity contribution in [1.29, 1.82) is 0 Å². The van der Waals surface area contributed by atoms with Gasteiger partial charge in [0, 0.05) is 11.8 Å². The van der Waals surface area contributed by atoms with E-state index in [9.17, 15) is 4.79 Å². The van der Waals surface area contributed by atoms with Crippen LogP contribution in [0.2, 0.25) is 0 Å². The fraction of sp³-hybridized carbons (Fsp3) is 0.786. The zero-order valence-electron chi connectivity index (χ0n) is 10.2. The number of hydrogen-bond donors (Lipinski definition) is 0. The van der Waals surface area contributed by atoms with Crippen LogP contribution in [0.4, 0.5) is 0 Å². The van der Waals surface area contributed by atoms with Crippen molar-refractivity contribution in [2.75, 3.05) is 13.2 Å². The Morgan fingerprint density at radius 1 is 1.28 bits per heavy atom. The van der Waals surface area contributed by atoms with Crippen molar-refractivity contribution in [2.24, 2.45) is 17.8 Å². The van der Waals surface area contributed by atoms with Gasteiger partial charge >= 0.3 is 0 Å². The third-order valence-electron chi connectivity index (χ3n) is 5.07. The fourth-order valence-electron chi connectivity index (χ4n) is 4.44. The highest BCUT2D eigenvalue weighted by Gasteiger charge is 2.66. The van der Waals surface area contributed by atoms with Crippen LogP contribution in [0.3, 0.4) is 0 Å². The summed E-state index contributed by atoms with van der Waals surface area (Å²) >= 11 is 3.70. The van der Waals surface area contributed by atoms with E-state index in [2.05, 4.69) is 22.0 Å². The van der Waals surface area contributed by atoms with Crippen molar-refractivity contribution < 1.29 is 14.3 Å². The lowest BCUT2D eigenvalue weighted by atomic mass is 9.80. The van der Waals surface area contributed by atoms with Gasteiger partial charge in [0.25, 0.3) is 0 Å². The van der Waals surface area contributed by atoms with Crippen molar-refractivity contribution in [2.45, 2.75) is 36.3 Å². The second-order valence-electron chi connectivity index (χ2n) is 5.81. The highest BCUT2D eigenvalue weighted by molar-refractivity contribution is 9.09. The van der Waals surface area contributed by atoms with Crippen LogP contribution in [0.25, 0.3) is 0 Å². The maximum Gasteiger partial charge on any atom is 0.185 e. The number of fused-ring (bicyclic) bond motifs is 4. The molecule has 0 aromatic rings. The molecule has 3 nitrogen and oxygen atoms in total. The maximum absolute atomic E-state index is 12.5. The molecule has 2 saturated carbocycles. The number of Topliss-reactive ketones (excluding diaryl/α,β-unsaturated/α-hetero) is 1. The Balaban J connectivity index is 1.79. The van der Waals surface area contributed by atoms with Crippen LogP contribution < -0.4 is 0 Å². The Kier molecular flexibility index (Phi) is 2.52. The van der Waals surface area contributed by atoms with Gasteiger partial charge in [0.15, 0.2) is 11.6 Å². The molecule has 3 aliphatic carbocycles. The van der Waals surface area contributed by atoms with Gasteiger partial charge in [0.1, 0.15) is 0 Å². The minimum atomic E-state index is -0.530. The Labute approximate surface area is 115 Å². The van der Waals surface area contributed by atoms with Gasteiger partial charge in [-0.2, -0.15) is 0 Å².